The van der Waals surface area contributed by atoms with Crippen LogP contribution < -0.4 is 10.2 Å². The fraction of sp³-hybridized carbons (Fsp3) is 0.350. The lowest BCUT2D eigenvalue weighted by Gasteiger charge is -2.30. The van der Waals surface area contributed by atoms with Crippen LogP contribution in [0.4, 0.5) is 11.4 Å². The minimum Gasteiger partial charge on any atom is -0.370 e. The number of rotatable bonds is 6. The lowest BCUT2D eigenvalue weighted by atomic mass is 10.1. The molecule has 1 fully saturated rings. The first-order valence-electron chi connectivity index (χ1n) is 8.64. The van der Waals surface area contributed by atoms with Crippen molar-refractivity contribution in [2.24, 2.45) is 0 Å². The Morgan fingerprint density at radius 2 is 1.67 bits per heavy atom. The third kappa shape index (κ3) is 4.78. The van der Waals surface area contributed by atoms with E-state index in [1.807, 2.05) is 36.4 Å². The largest absolute Gasteiger partial charge is 0.370 e. The maximum atomic E-state index is 12.3. The number of para-hydroxylation sites is 2. The van der Waals surface area contributed by atoms with Crippen molar-refractivity contribution in [1.82, 2.24) is 0 Å². The normalized spacial score (nSPS) is 14.4. The van der Waals surface area contributed by atoms with Crippen LogP contribution >= 0.6 is 11.8 Å². The highest BCUT2D eigenvalue weighted by atomic mass is 32.2. The molecule has 0 aliphatic carbocycles. The maximum Gasteiger partial charge on any atom is 0.225 e. The summed E-state index contributed by atoms with van der Waals surface area (Å²) in [7, 11) is 0. The molecule has 0 aromatic heterocycles. The lowest BCUT2D eigenvalue weighted by Crippen LogP contribution is -2.30. The Hall–Kier alpha value is -1.94. The van der Waals surface area contributed by atoms with Crippen LogP contribution in [-0.4, -0.2) is 24.7 Å². The number of piperidine rings is 1. The van der Waals surface area contributed by atoms with Gasteiger partial charge in [0.1, 0.15) is 0 Å². The summed E-state index contributed by atoms with van der Waals surface area (Å²) in [6, 6.07) is 18.4. The zero-order chi connectivity index (χ0) is 16.6. The number of carbonyl (C=O) groups is 1. The summed E-state index contributed by atoms with van der Waals surface area (Å²) >= 11 is 1.72. The van der Waals surface area contributed by atoms with Gasteiger partial charge in [0.25, 0.3) is 0 Å². The van der Waals surface area contributed by atoms with Crippen LogP contribution in [0.1, 0.15) is 25.7 Å². The van der Waals surface area contributed by atoms with Gasteiger partial charge in [-0.15, -0.1) is 11.8 Å². The molecule has 1 saturated heterocycles. The van der Waals surface area contributed by atoms with E-state index in [9.17, 15) is 4.79 Å². The van der Waals surface area contributed by atoms with Gasteiger partial charge in [0.2, 0.25) is 5.91 Å². The molecule has 1 heterocycles. The van der Waals surface area contributed by atoms with Gasteiger partial charge in [0.15, 0.2) is 0 Å². The predicted octanol–water partition coefficient (Wildman–Crippen LogP) is 4.80. The molecule has 2 aromatic rings. The van der Waals surface area contributed by atoms with E-state index in [4.69, 9.17) is 0 Å². The number of nitrogens with zero attached hydrogens (tertiary/aromatic N) is 1. The third-order valence-electron chi connectivity index (χ3n) is 4.22. The Balaban J connectivity index is 1.54. The summed E-state index contributed by atoms with van der Waals surface area (Å²) in [6.07, 6.45) is 4.29. The number of benzene rings is 2. The highest BCUT2D eigenvalue weighted by molar-refractivity contribution is 7.99. The molecular formula is C20H24N2OS. The van der Waals surface area contributed by atoms with Gasteiger partial charge < -0.3 is 10.2 Å². The van der Waals surface area contributed by atoms with Crippen LogP contribution in [0.2, 0.25) is 0 Å². The van der Waals surface area contributed by atoms with E-state index in [1.54, 1.807) is 11.8 Å². The Bertz CT molecular complexity index is 654. The lowest BCUT2D eigenvalue weighted by molar-refractivity contribution is -0.115. The summed E-state index contributed by atoms with van der Waals surface area (Å²) in [5.74, 6) is 0.879. The minimum absolute atomic E-state index is 0.0860. The van der Waals surface area contributed by atoms with Crippen molar-refractivity contribution in [3.8, 4) is 0 Å². The van der Waals surface area contributed by atoms with Crippen LogP contribution in [-0.2, 0) is 4.79 Å². The van der Waals surface area contributed by atoms with Gasteiger partial charge >= 0.3 is 0 Å². The molecule has 0 radical (unpaired) electrons. The van der Waals surface area contributed by atoms with Gasteiger partial charge in [-0.3, -0.25) is 4.79 Å². The van der Waals surface area contributed by atoms with Gasteiger partial charge in [-0.25, -0.2) is 0 Å². The summed E-state index contributed by atoms with van der Waals surface area (Å²) < 4.78 is 0. The molecule has 3 rings (SSSR count). The molecule has 126 valence electrons. The molecule has 0 saturated carbocycles. The molecule has 0 atom stereocenters. The number of hydrogen-bond donors (Lipinski definition) is 1. The average Bonchev–Trinajstić information content (AvgIpc) is 2.64. The molecule has 1 N–H and O–H groups in total. The Labute approximate surface area is 148 Å². The van der Waals surface area contributed by atoms with Crippen LogP contribution in [0, 0.1) is 0 Å². The highest BCUT2D eigenvalue weighted by Gasteiger charge is 2.15. The van der Waals surface area contributed by atoms with Gasteiger partial charge in [-0.1, -0.05) is 30.3 Å². The van der Waals surface area contributed by atoms with E-state index < -0.39 is 0 Å². The molecule has 0 bridgehead atoms. The second-order valence-electron chi connectivity index (χ2n) is 6.02. The van der Waals surface area contributed by atoms with Crippen LogP contribution in [0.5, 0.6) is 0 Å². The minimum atomic E-state index is 0.0860. The van der Waals surface area contributed by atoms with E-state index in [-0.39, 0.29) is 5.91 Å². The SMILES string of the molecule is O=C(CCSc1ccccc1)Nc1ccccc1N1CCCCC1. The molecule has 0 spiro atoms. The summed E-state index contributed by atoms with van der Waals surface area (Å²) in [5, 5.41) is 3.10. The fourth-order valence-electron chi connectivity index (χ4n) is 2.98. The molecule has 0 unspecified atom stereocenters. The average molecular weight is 340 g/mol. The number of anilines is 2. The monoisotopic (exact) mass is 340 g/mol. The van der Waals surface area contributed by atoms with E-state index in [2.05, 4.69) is 28.4 Å². The van der Waals surface area contributed by atoms with Crippen LogP contribution in [0.15, 0.2) is 59.5 Å². The molecule has 4 heteroatoms. The van der Waals surface area contributed by atoms with Crippen LogP contribution in [0.25, 0.3) is 0 Å². The Kier molecular flexibility index (Phi) is 6.19. The molecule has 3 nitrogen and oxygen atoms in total. The van der Waals surface area contributed by atoms with Crippen molar-refractivity contribution in [3.63, 3.8) is 0 Å². The zero-order valence-corrected chi connectivity index (χ0v) is 14.7. The van der Waals surface area contributed by atoms with Gasteiger partial charge in [0.05, 0.1) is 11.4 Å². The third-order valence-corrected chi connectivity index (χ3v) is 5.23. The topological polar surface area (TPSA) is 32.3 Å². The number of hydrogen-bond acceptors (Lipinski definition) is 3. The van der Waals surface area contributed by atoms with Crippen molar-refractivity contribution < 1.29 is 4.79 Å². The van der Waals surface area contributed by atoms with Crippen molar-refractivity contribution in [3.05, 3.63) is 54.6 Å². The Morgan fingerprint density at radius 3 is 2.46 bits per heavy atom. The Morgan fingerprint density at radius 1 is 0.958 bits per heavy atom. The molecular weight excluding hydrogens is 316 g/mol. The van der Waals surface area contributed by atoms with E-state index in [1.165, 1.54) is 24.2 Å². The molecule has 1 aliphatic heterocycles. The smallest absolute Gasteiger partial charge is 0.225 e. The molecule has 1 aliphatic rings. The maximum absolute atomic E-state index is 12.3. The number of amides is 1. The van der Waals surface area contributed by atoms with Crippen molar-refractivity contribution in [2.75, 3.05) is 29.1 Å². The van der Waals surface area contributed by atoms with Crippen LogP contribution in [0.3, 0.4) is 0 Å². The van der Waals surface area contributed by atoms with Crippen molar-refractivity contribution in [2.45, 2.75) is 30.6 Å². The van der Waals surface area contributed by atoms with E-state index in [0.717, 1.165) is 30.2 Å². The fourth-order valence-corrected chi connectivity index (χ4v) is 3.85. The van der Waals surface area contributed by atoms with E-state index >= 15 is 0 Å². The van der Waals surface area contributed by atoms with Crippen molar-refractivity contribution in [1.29, 1.82) is 0 Å². The summed E-state index contributed by atoms with van der Waals surface area (Å²) in [4.78, 5) is 15.9. The first-order chi connectivity index (χ1) is 11.8. The quantitative estimate of drug-likeness (QED) is 0.767. The standard InChI is InChI=1S/C20H24N2OS/c23-20(13-16-24-17-9-3-1-4-10-17)21-18-11-5-6-12-19(18)22-14-7-2-8-15-22/h1,3-6,9-12H,2,7-8,13-16H2,(H,21,23). The van der Waals surface area contributed by atoms with Gasteiger partial charge in [-0.05, 0) is 43.5 Å². The highest BCUT2D eigenvalue weighted by Crippen LogP contribution is 2.28. The van der Waals surface area contributed by atoms with E-state index in [0.29, 0.717) is 6.42 Å². The predicted molar refractivity (Wildman–Crippen MR) is 103 cm³/mol. The number of carbonyl (C=O) groups excluding carboxylic acids is 1. The molecule has 2 aromatic carbocycles. The second-order valence-corrected chi connectivity index (χ2v) is 7.19. The first kappa shape index (κ1) is 16.9. The number of thioether (sulfide) groups is 1. The molecule has 24 heavy (non-hydrogen) atoms. The first-order valence-corrected chi connectivity index (χ1v) is 9.63. The molecule has 1 amide bonds. The van der Waals surface area contributed by atoms with Gasteiger partial charge in [0, 0.05) is 30.2 Å². The van der Waals surface area contributed by atoms with Crippen molar-refractivity contribution >= 4 is 29.0 Å². The summed E-state index contributed by atoms with van der Waals surface area (Å²) in [5.41, 5.74) is 2.09. The summed E-state index contributed by atoms with van der Waals surface area (Å²) in [6.45, 7) is 2.16. The zero-order valence-electron chi connectivity index (χ0n) is 13.9. The number of nitrogens with one attached hydrogen (secondary N) is 1. The van der Waals surface area contributed by atoms with Gasteiger partial charge in [-0.2, -0.15) is 0 Å². The second kappa shape index (κ2) is 8.78.